The molecule has 0 unspecified atom stereocenters. The van der Waals surface area contributed by atoms with Gasteiger partial charge in [0.25, 0.3) is 0 Å². The first kappa shape index (κ1) is 19.1. The summed E-state index contributed by atoms with van der Waals surface area (Å²) in [7, 11) is -3.44. The highest BCUT2D eigenvalue weighted by molar-refractivity contribution is 7.88. The van der Waals surface area contributed by atoms with E-state index in [1.54, 1.807) is 24.3 Å². The maximum Gasteiger partial charge on any atom is 0.239 e. The lowest BCUT2D eigenvalue weighted by atomic mass is 10.2. The first-order chi connectivity index (χ1) is 10.6. The van der Waals surface area contributed by atoms with E-state index in [2.05, 4.69) is 10.6 Å². The third-order valence-corrected chi connectivity index (χ3v) is 4.06. The van der Waals surface area contributed by atoms with E-state index in [0.29, 0.717) is 11.4 Å². The van der Waals surface area contributed by atoms with Crippen LogP contribution >= 0.6 is 0 Å². The van der Waals surface area contributed by atoms with Crippen LogP contribution in [0.4, 0.5) is 11.4 Å². The molecule has 1 aromatic carbocycles. The van der Waals surface area contributed by atoms with Gasteiger partial charge in [-0.25, -0.2) is 8.42 Å². The van der Waals surface area contributed by atoms with Gasteiger partial charge in [-0.05, 0) is 30.2 Å². The lowest BCUT2D eigenvalue weighted by Crippen LogP contribution is -2.39. The summed E-state index contributed by atoms with van der Waals surface area (Å²) >= 11 is 0. The van der Waals surface area contributed by atoms with Gasteiger partial charge in [0.05, 0.1) is 12.8 Å². The Morgan fingerprint density at radius 3 is 1.96 bits per heavy atom. The second-order valence-electron chi connectivity index (χ2n) is 5.76. The highest BCUT2D eigenvalue weighted by Gasteiger charge is 2.21. The lowest BCUT2D eigenvalue weighted by Gasteiger charge is -2.21. The number of benzene rings is 1. The topological polar surface area (TPSA) is 95.6 Å². The van der Waals surface area contributed by atoms with E-state index in [1.807, 2.05) is 13.8 Å². The number of hydrogen-bond donors (Lipinski definition) is 2. The third-order valence-electron chi connectivity index (χ3n) is 2.85. The molecule has 0 aromatic heterocycles. The number of nitrogens with zero attached hydrogens (tertiary/aromatic N) is 1. The van der Waals surface area contributed by atoms with Gasteiger partial charge in [-0.15, -0.1) is 0 Å². The van der Waals surface area contributed by atoms with E-state index in [9.17, 15) is 18.0 Å². The molecule has 7 nitrogen and oxygen atoms in total. The van der Waals surface area contributed by atoms with Gasteiger partial charge in [-0.3, -0.25) is 9.59 Å². The minimum atomic E-state index is -3.44. The van der Waals surface area contributed by atoms with Gasteiger partial charge in [-0.2, -0.15) is 4.31 Å². The van der Waals surface area contributed by atoms with E-state index in [4.69, 9.17) is 0 Å². The van der Waals surface area contributed by atoms with Gasteiger partial charge in [0.2, 0.25) is 21.8 Å². The maximum absolute atomic E-state index is 12.0. The third kappa shape index (κ3) is 7.25. The van der Waals surface area contributed by atoms with Gasteiger partial charge in [0, 0.05) is 24.8 Å². The number of rotatable bonds is 7. The normalized spacial score (nSPS) is 11.6. The molecule has 0 atom stereocenters. The number of anilines is 2. The molecule has 0 radical (unpaired) electrons. The second-order valence-corrected chi connectivity index (χ2v) is 7.74. The highest BCUT2D eigenvalue weighted by Crippen LogP contribution is 2.14. The van der Waals surface area contributed by atoms with Crippen LogP contribution in [0.15, 0.2) is 24.3 Å². The van der Waals surface area contributed by atoms with Crippen molar-refractivity contribution < 1.29 is 18.0 Å². The van der Waals surface area contributed by atoms with Crippen LogP contribution in [-0.4, -0.2) is 43.9 Å². The van der Waals surface area contributed by atoms with Crippen LogP contribution in [0.2, 0.25) is 0 Å². The number of nitrogens with one attached hydrogen (secondary N) is 2. The molecule has 1 rings (SSSR count). The van der Waals surface area contributed by atoms with Crippen molar-refractivity contribution in [3.63, 3.8) is 0 Å². The van der Waals surface area contributed by atoms with E-state index < -0.39 is 15.9 Å². The molecule has 0 spiro atoms. The van der Waals surface area contributed by atoms with E-state index in [1.165, 1.54) is 6.92 Å². The van der Waals surface area contributed by atoms with Crippen molar-refractivity contribution in [3.8, 4) is 0 Å². The molecule has 0 aliphatic rings. The molecular weight excluding hydrogens is 318 g/mol. The summed E-state index contributed by atoms with van der Waals surface area (Å²) in [5.41, 5.74) is 1.15. The molecule has 1 aromatic rings. The largest absolute Gasteiger partial charge is 0.326 e. The first-order valence-electron chi connectivity index (χ1n) is 7.20. The Hall–Kier alpha value is -1.93. The maximum atomic E-state index is 12.0. The summed E-state index contributed by atoms with van der Waals surface area (Å²) in [5.74, 6) is -0.475. The number of carbonyl (C=O) groups excluding carboxylic acids is 2. The Morgan fingerprint density at radius 1 is 1.09 bits per heavy atom. The SMILES string of the molecule is CC(=O)Nc1ccc(NC(=O)CN(CC(C)C)S(C)(=O)=O)cc1. The molecule has 0 aliphatic carbocycles. The molecule has 8 heteroatoms. The fraction of sp³-hybridized carbons (Fsp3) is 0.467. The summed E-state index contributed by atoms with van der Waals surface area (Å²) in [4.78, 5) is 23.0. The van der Waals surface area contributed by atoms with Crippen LogP contribution in [0.1, 0.15) is 20.8 Å². The Morgan fingerprint density at radius 2 is 1.57 bits per heavy atom. The van der Waals surface area contributed by atoms with Crippen molar-refractivity contribution in [3.05, 3.63) is 24.3 Å². The zero-order chi connectivity index (χ0) is 17.6. The minimum absolute atomic E-state index is 0.120. The molecule has 0 aliphatic heterocycles. The number of amides is 2. The van der Waals surface area contributed by atoms with Crippen LogP contribution in [-0.2, 0) is 19.6 Å². The first-order valence-corrected chi connectivity index (χ1v) is 9.05. The Bertz CT molecular complexity index is 654. The van der Waals surface area contributed by atoms with Crippen LogP contribution < -0.4 is 10.6 Å². The molecule has 2 amide bonds. The number of hydrogen-bond acceptors (Lipinski definition) is 4. The monoisotopic (exact) mass is 341 g/mol. The second kappa shape index (κ2) is 8.07. The summed E-state index contributed by atoms with van der Waals surface area (Å²) in [6, 6.07) is 6.58. The predicted octanol–water partition coefficient (Wildman–Crippen LogP) is 1.50. The predicted molar refractivity (Wildman–Crippen MR) is 90.6 cm³/mol. The number of carbonyl (C=O) groups is 2. The summed E-state index contributed by atoms with van der Waals surface area (Å²) < 4.78 is 24.6. The molecule has 23 heavy (non-hydrogen) atoms. The van der Waals surface area contributed by atoms with Gasteiger partial charge >= 0.3 is 0 Å². The van der Waals surface area contributed by atoms with Crippen molar-refractivity contribution >= 4 is 33.2 Å². The van der Waals surface area contributed by atoms with Crippen LogP contribution in [0, 0.1) is 5.92 Å². The summed E-state index contributed by atoms with van der Waals surface area (Å²) in [6.07, 6.45) is 1.09. The van der Waals surface area contributed by atoms with Crippen molar-refractivity contribution in [1.29, 1.82) is 0 Å². The smallest absolute Gasteiger partial charge is 0.239 e. The average Bonchev–Trinajstić information content (AvgIpc) is 2.38. The van der Waals surface area contributed by atoms with Gasteiger partial charge in [-0.1, -0.05) is 13.8 Å². The van der Waals surface area contributed by atoms with Crippen LogP contribution in [0.3, 0.4) is 0 Å². The molecular formula is C15H23N3O4S. The zero-order valence-electron chi connectivity index (χ0n) is 13.8. The number of sulfonamides is 1. The highest BCUT2D eigenvalue weighted by atomic mass is 32.2. The van der Waals surface area contributed by atoms with Gasteiger partial charge in [0.1, 0.15) is 0 Å². The zero-order valence-corrected chi connectivity index (χ0v) is 14.6. The quantitative estimate of drug-likeness (QED) is 0.785. The molecule has 0 saturated heterocycles. The minimum Gasteiger partial charge on any atom is -0.326 e. The molecule has 0 bridgehead atoms. The summed E-state index contributed by atoms with van der Waals surface area (Å²) in [5, 5.41) is 5.26. The van der Waals surface area contributed by atoms with Crippen LogP contribution in [0.25, 0.3) is 0 Å². The lowest BCUT2D eigenvalue weighted by molar-refractivity contribution is -0.116. The standard InChI is InChI=1S/C15H23N3O4S/c1-11(2)9-18(23(4,21)22)10-15(20)17-14-7-5-13(6-8-14)16-12(3)19/h5-8,11H,9-10H2,1-4H3,(H,16,19)(H,17,20). The molecule has 2 N–H and O–H groups in total. The fourth-order valence-corrected chi connectivity index (χ4v) is 2.85. The van der Waals surface area contributed by atoms with Crippen molar-refractivity contribution in [2.24, 2.45) is 5.92 Å². The van der Waals surface area contributed by atoms with Gasteiger partial charge in [0.15, 0.2) is 0 Å². The molecule has 0 heterocycles. The fourth-order valence-electron chi connectivity index (χ4n) is 1.93. The molecule has 128 valence electrons. The molecule has 0 saturated carbocycles. The Balaban J connectivity index is 2.69. The van der Waals surface area contributed by atoms with Crippen molar-refractivity contribution in [2.45, 2.75) is 20.8 Å². The van der Waals surface area contributed by atoms with E-state index in [-0.39, 0.29) is 24.9 Å². The molecule has 0 fully saturated rings. The van der Waals surface area contributed by atoms with Crippen LogP contribution in [0.5, 0.6) is 0 Å². The average molecular weight is 341 g/mol. The summed E-state index contributed by atoms with van der Waals surface area (Å²) in [6.45, 7) is 5.23. The van der Waals surface area contributed by atoms with Crippen molar-refractivity contribution in [1.82, 2.24) is 4.31 Å². The Kier molecular flexibility index (Phi) is 6.71. The van der Waals surface area contributed by atoms with Gasteiger partial charge < -0.3 is 10.6 Å². The Labute approximate surface area is 137 Å². The van der Waals surface area contributed by atoms with E-state index >= 15 is 0 Å². The van der Waals surface area contributed by atoms with E-state index in [0.717, 1.165) is 10.6 Å². The van der Waals surface area contributed by atoms with Crippen molar-refractivity contribution in [2.75, 3.05) is 30.0 Å².